The van der Waals surface area contributed by atoms with Crippen molar-refractivity contribution in [3.8, 4) is 0 Å². The zero-order chi connectivity index (χ0) is 10.8. The fraction of sp³-hybridized carbons (Fsp3) is 1.00. The molecule has 1 aliphatic heterocycles. The van der Waals surface area contributed by atoms with Crippen molar-refractivity contribution in [3.05, 3.63) is 0 Å². The first-order valence-corrected chi connectivity index (χ1v) is 5.86. The van der Waals surface area contributed by atoms with Crippen LogP contribution in [0.4, 0.5) is 0 Å². The van der Waals surface area contributed by atoms with Crippen LogP contribution in [0.25, 0.3) is 0 Å². The van der Waals surface area contributed by atoms with E-state index in [1.165, 1.54) is 13.1 Å². The molecule has 0 aromatic rings. The number of hydrogen-bond donors (Lipinski definition) is 1. The van der Waals surface area contributed by atoms with Crippen molar-refractivity contribution in [1.82, 2.24) is 10.2 Å². The second-order valence-corrected chi connectivity index (χ2v) is 5.97. The van der Waals surface area contributed by atoms with Crippen molar-refractivity contribution < 1.29 is 0 Å². The lowest BCUT2D eigenvalue weighted by Crippen LogP contribution is -2.57. The van der Waals surface area contributed by atoms with Gasteiger partial charge in [-0.05, 0) is 11.3 Å². The summed E-state index contributed by atoms with van der Waals surface area (Å²) in [4.78, 5) is 2.65. The lowest BCUT2D eigenvalue weighted by Gasteiger charge is -2.44. The van der Waals surface area contributed by atoms with Crippen molar-refractivity contribution in [2.24, 2.45) is 11.3 Å². The van der Waals surface area contributed by atoms with Crippen LogP contribution in [0.1, 0.15) is 34.6 Å². The maximum atomic E-state index is 3.50. The van der Waals surface area contributed by atoms with Crippen molar-refractivity contribution in [2.45, 2.75) is 40.7 Å². The number of piperazine rings is 1. The summed E-state index contributed by atoms with van der Waals surface area (Å²) in [5.41, 5.74) is 0.391. The zero-order valence-corrected chi connectivity index (χ0v) is 10.4. The highest BCUT2D eigenvalue weighted by Crippen LogP contribution is 2.25. The van der Waals surface area contributed by atoms with Gasteiger partial charge in [-0.25, -0.2) is 0 Å². The van der Waals surface area contributed by atoms with Crippen LogP contribution in [0, 0.1) is 11.3 Å². The summed E-state index contributed by atoms with van der Waals surface area (Å²) in [5.74, 6) is 0.776. The van der Waals surface area contributed by atoms with E-state index in [0.29, 0.717) is 11.5 Å². The molecule has 0 aromatic carbocycles. The molecule has 2 heteroatoms. The Morgan fingerprint density at radius 3 is 2.50 bits per heavy atom. The van der Waals surface area contributed by atoms with Crippen LogP contribution in [0.15, 0.2) is 0 Å². The van der Waals surface area contributed by atoms with E-state index in [4.69, 9.17) is 0 Å². The quantitative estimate of drug-likeness (QED) is 0.730. The molecule has 0 bridgehead atoms. The Kier molecular flexibility index (Phi) is 3.96. The van der Waals surface area contributed by atoms with Gasteiger partial charge in [-0.15, -0.1) is 0 Å². The van der Waals surface area contributed by atoms with Crippen LogP contribution >= 0.6 is 0 Å². The highest BCUT2D eigenvalue weighted by Gasteiger charge is 2.32. The van der Waals surface area contributed by atoms with Gasteiger partial charge in [-0.3, -0.25) is 4.90 Å². The lowest BCUT2D eigenvalue weighted by molar-refractivity contribution is 0.0655. The molecule has 1 rings (SSSR count). The average Bonchev–Trinajstić information content (AvgIpc) is 2.01. The average molecular weight is 198 g/mol. The highest BCUT2D eigenvalue weighted by molar-refractivity contribution is 4.88. The van der Waals surface area contributed by atoms with Crippen LogP contribution in [0.5, 0.6) is 0 Å². The van der Waals surface area contributed by atoms with E-state index in [1.54, 1.807) is 0 Å². The highest BCUT2D eigenvalue weighted by atomic mass is 15.2. The minimum absolute atomic E-state index is 0.391. The van der Waals surface area contributed by atoms with Gasteiger partial charge < -0.3 is 5.32 Å². The van der Waals surface area contributed by atoms with E-state index >= 15 is 0 Å². The van der Waals surface area contributed by atoms with Gasteiger partial charge in [0.25, 0.3) is 0 Å². The molecule has 1 unspecified atom stereocenters. The zero-order valence-electron chi connectivity index (χ0n) is 10.4. The van der Waals surface area contributed by atoms with Gasteiger partial charge in [-0.1, -0.05) is 34.6 Å². The minimum Gasteiger partial charge on any atom is -0.314 e. The van der Waals surface area contributed by atoms with Gasteiger partial charge in [-0.2, -0.15) is 0 Å². The first kappa shape index (κ1) is 12.0. The Balaban J connectivity index is 2.59. The molecule has 0 radical (unpaired) electrons. The van der Waals surface area contributed by atoms with Crippen LogP contribution < -0.4 is 5.32 Å². The maximum Gasteiger partial charge on any atom is 0.0269 e. The maximum absolute atomic E-state index is 3.50. The second-order valence-electron chi connectivity index (χ2n) is 5.97. The Hall–Kier alpha value is -0.0800. The molecule has 1 fully saturated rings. The summed E-state index contributed by atoms with van der Waals surface area (Å²) in [5, 5.41) is 3.50. The summed E-state index contributed by atoms with van der Waals surface area (Å²) < 4.78 is 0. The molecule has 0 aromatic heterocycles. The molecule has 1 N–H and O–H groups in total. The van der Waals surface area contributed by atoms with E-state index in [9.17, 15) is 0 Å². The monoisotopic (exact) mass is 198 g/mol. The van der Waals surface area contributed by atoms with Gasteiger partial charge in [0.05, 0.1) is 0 Å². The van der Waals surface area contributed by atoms with Crippen LogP contribution in [-0.4, -0.2) is 37.1 Å². The van der Waals surface area contributed by atoms with Crippen molar-refractivity contribution >= 4 is 0 Å². The predicted molar refractivity (Wildman–Crippen MR) is 62.5 cm³/mol. The smallest absolute Gasteiger partial charge is 0.0269 e. The first-order chi connectivity index (χ1) is 6.41. The lowest BCUT2D eigenvalue weighted by atomic mass is 9.84. The standard InChI is InChI=1S/C12H26N2/c1-10(2)9-14-7-6-13-8-11(14)12(3,4)5/h10-11,13H,6-9H2,1-5H3. The van der Waals surface area contributed by atoms with E-state index in [-0.39, 0.29) is 0 Å². The molecule has 1 heterocycles. The molecule has 0 aliphatic carbocycles. The van der Waals surface area contributed by atoms with Crippen molar-refractivity contribution in [1.29, 1.82) is 0 Å². The molecule has 14 heavy (non-hydrogen) atoms. The minimum atomic E-state index is 0.391. The van der Waals surface area contributed by atoms with Crippen LogP contribution in [-0.2, 0) is 0 Å². The van der Waals surface area contributed by atoms with Crippen LogP contribution in [0.3, 0.4) is 0 Å². The topological polar surface area (TPSA) is 15.3 Å². The Morgan fingerprint density at radius 2 is 2.00 bits per heavy atom. The van der Waals surface area contributed by atoms with E-state index < -0.39 is 0 Å². The molecule has 1 atom stereocenters. The molecular formula is C12H26N2. The van der Waals surface area contributed by atoms with Gasteiger partial charge >= 0.3 is 0 Å². The molecule has 0 saturated carbocycles. The second kappa shape index (κ2) is 4.63. The van der Waals surface area contributed by atoms with E-state index in [1.807, 2.05) is 0 Å². The van der Waals surface area contributed by atoms with Crippen LogP contribution in [0.2, 0.25) is 0 Å². The van der Waals surface area contributed by atoms with Gasteiger partial charge in [0.1, 0.15) is 0 Å². The molecule has 1 saturated heterocycles. The number of nitrogens with zero attached hydrogens (tertiary/aromatic N) is 1. The third kappa shape index (κ3) is 3.25. The molecule has 0 amide bonds. The molecular weight excluding hydrogens is 172 g/mol. The Labute approximate surface area is 89.1 Å². The van der Waals surface area contributed by atoms with Gasteiger partial charge in [0.15, 0.2) is 0 Å². The third-order valence-corrected chi connectivity index (χ3v) is 2.95. The summed E-state index contributed by atoms with van der Waals surface area (Å²) in [6.45, 7) is 16.4. The number of rotatable bonds is 2. The van der Waals surface area contributed by atoms with E-state index in [2.05, 4.69) is 44.8 Å². The van der Waals surface area contributed by atoms with Gasteiger partial charge in [0, 0.05) is 32.2 Å². The predicted octanol–water partition coefficient (Wildman–Crippen LogP) is 1.96. The van der Waals surface area contributed by atoms with Crippen molar-refractivity contribution in [2.75, 3.05) is 26.2 Å². The van der Waals surface area contributed by atoms with Gasteiger partial charge in [0.2, 0.25) is 0 Å². The largest absolute Gasteiger partial charge is 0.314 e. The first-order valence-electron chi connectivity index (χ1n) is 5.86. The summed E-state index contributed by atoms with van der Waals surface area (Å²) in [6.07, 6.45) is 0. The fourth-order valence-electron chi connectivity index (χ4n) is 2.29. The summed E-state index contributed by atoms with van der Waals surface area (Å²) in [7, 11) is 0. The van der Waals surface area contributed by atoms with Crippen molar-refractivity contribution in [3.63, 3.8) is 0 Å². The van der Waals surface area contributed by atoms with E-state index in [0.717, 1.165) is 19.0 Å². The fourth-order valence-corrected chi connectivity index (χ4v) is 2.29. The molecule has 1 aliphatic rings. The Bertz CT molecular complexity index is 170. The Morgan fingerprint density at radius 1 is 1.36 bits per heavy atom. The molecule has 2 nitrogen and oxygen atoms in total. The number of hydrogen-bond acceptors (Lipinski definition) is 2. The summed E-state index contributed by atoms with van der Waals surface area (Å²) >= 11 is 0. The molecule has 84 valence electrons. The molecule has 0 spiro atoms. The SMILES string of the molecule is CC(C)CN1CCNCC1C(C)(C)C. The normalized spacial score (nSPS) is 25.7. The summed E-state index contributed by atoms with van der Waals surface area (Å²) in [6, 6.07) is 0.693. The number of nitrogens with one attached hydrogen (secondary N) is 1. The third-order valence-electron chi connectivity index (χ3n) is 2.95.